The SMILES string of the molecule is c1ccc(-n2c3ccccc3c3c4c(cc([Si](c5ccccc5)(c5ccccc5)c5cccc(-c6ccccn6)c5)c32)N(c2ccccn2)c2ccccc2[Si]4(c2ccccc2)c2ccccc2)cc1. The Morgan fingerprint density at radius 1 is 0.414 bits per heavy atom. The second-order valence-electron chi connectivity index (χ2n) is 18.0. The lowest BCUT2D eigenvalue weighted by atomic mass is 10.1. The smallest absolute Gasteiger partial charge is 0.184 e. The lowest BCUT2D eigenvalue weighted by Gasteiger charge is -2.46. The molecule has 0 saturated carbocycles. The Labute approximate surface area is 410 Å². The van der Waals surface area contributed by atoms with Gasteiger partial charge in [-0.15, -0.1) is 0 Å². The molecule has 13 rings (SSSR count). The Kier molecular flexibility index (Phi) is 10.2. The maximum Gasteiger partial charge on any atom is 0.184 e. The predicted octanol–water partition coefficient (Wildman–Crippen LogP) is 9.78. The van der Waals surface area contributed by atoms with E-state index in [1.54, 1.807) is 0 Å². The van der Waals surface area contributed by atoms with Crippen molar-refractivity contribution in [1.29, 1.82) is 0 Å². The van der Waals surface area contributed by atoms with Crippen LogP contribution >= 0.6 is 0 Å². The Bertz CT molecular complexity index is 3740. The van der Waals surface area contributed by atoms with Crippen LogP contribution in [0.1, 0.15) is 0 Å². The van der Waals surface area contributed by atoms with Crippen molar-refractivity contribution in [1.82, 2.24) is 14.5 Å². The highest BCUT2D eigenvalue weighted by molar-refractivity contribution is 7.23. The molecule has 70 heavy (non-hydrogen) atoms. The van der Waals surface area contributed by atoms with Gasteiger partial charge in [0, 0.05) is 45.8 Å². The standard InChI is InChI=1S/C64H46N4Si2/c1-6-26-48(27-7-1)67-56-39-17-16-37-54(56)62-63(67)60(69(49-28-8-2-9-29-49,50-30-10-3-11-31-50)53-36-24-25-47(45-53)55-38-20-22-43-65-55)46-58-64(62)70(51-32-12-4-13-33-51,52-34-14-5-15-35-52)59-41-19-18-40-57(59)68(58)61-42-21-23-44-66-61/h1-46H. The normalized spacial score (nSPS) is 12.9. The first-order valence-corrected chi connectivity index (χ1v) is 28.0. The van der Waals surface area contributed by atoms with Crippen LogP contribution in [0.5, 0.6) is 0 Å². The highest BCUT2D eigenvalue weighted by Gasteiger charge is 2.53. The summed E-state index contributed by atoms with van der Waals surface area (Å²) in [6, 6.07) is 99.3. The van der Waals surface area contributed by atoms with Gasteiger partial charge in [0.25, 0.3) is 0 Å². The van der Waals surface area contributed by atoms with Gasteiger partial charge in [-0.05, 0) is 96.1 Å². The van der Waals surface area contributed by atoms with E-state index in [0.29, 0.717) is 0 Å². The summed E-state index contributed by atoms with van der Waals surface area (Å²) in [5.74, 6) is 0.876. The lowest BCUT2D eigenvalue weighted by Crippen LogP contribution is -2.78. The summed E-state index contributed by atoms with van der Waals surface area (Å²) in [7, 11) is -6.69. The second-order valence-corrected chi connectivity index (χ2v) is 25.5. The van der Waals surface area contributed by atoms with E-state index >= 15 is 0 Å². The molecule has 0 saturated heterocycles. The highest BCUT2D eigenvalue weighted by atomic mass is 28.3. The molecule has 0 N–H and O–H groups in total. The molecule has 4 heterocycles. The first kappa shape index (κ1) is 41.5. The first-order valence-electron chi connectivity index (χ1n) is 24.0. The van der Waals surface area contributed by atoms with Crippen LogP contribution in [-0.2, 0) is 0 Å². The van der Waals surface area contributed by atoms with E-state index in [1.165, 1.54) is 57.8 Å². The Balaban J connectivity index is 1.34. The summed E-state index contributed by atoms with van der Waals surface area (Å²) in [6.45, 7) is 0. The monoisotopic (exact) mass is 926 g/mol. The predicted molar refractivity (Wildman–Crippen MR) is 297 cm³/mol. The zero-order valence-corrected chi connectivity index (χ0v) is 40.3. The van der Waals surface area contributed by atoms with E-state index in [9.17, 15) is 0 Å². The molecule has 6 heteroatoms. The van der Waals surface area contributed by atoms with Crippen LogP contribution in [0.3, 0.4) is 0 Å². The van der Waals surface area contributed by atoms with Crippen LogP contribution in [0.2, 0.25) is 0 Å². The molecule has 9 aromatic carbocycles. The average Bonchev–Trinajstić information content (AvgIpc) is 3.80. The number of hydrogen-bond donors (Lipinski definition) is 0. The Morgan fingerprint density at radius 2 is 0.971 bits per heavy atom. The van der Waals surface area contributed by atoms with E-state index in [0.717, 1.165) is 39.7 Å². The molecule has 0 aliphatic carbocycles. The highest BCUT2D eigenvalue weighted by Crippen LogP contribution is 2.42. The molecule has 0 radical (unpaired) electrons. The van der Waals surface area contributed by atoms with Crippen LogP contribution in [-0.4, -0.2) is 30.7 Å². The van der Waals surface area contributed by atoms with Gasteiger partial charge in [-0.25, -0.2) is 4.98 Å². The molecule has 4 nitrogen and oxygen atoms in total. The van der Waals surface area contributed by atoms with Gasteiger partial charge in [0.05, 0.1) is 16.7 Å². The maximum absolute atomic E-state index is 5.24. The number of pyridine rings is 2. The van der Waals surface area contributed by atoms with Crippen molar-refractivity contribution < 1.29 is 0 Å². The van der Waals surface area contributed by atoms with Crippen molar-refractivity contribution in [3.05, 3.63) is 279 Å². The van der Waals surface area contributed by atoms with E-state index in [2.05, 4.69) is 264 Å². The van der Waals surface area contributed by atoms with Gasteiger partial charge >= 0.3 is 0 Å². The zero-order valence-electron chi connectivity index (χ0n) is 38.3. The van der Waals surface area contributed by atoms with Crippen LogP contribution in [0, 0.1) is 0 Å². The first-order chi connectivity index (χ1) is 34.8. The minimum atomic E-state index is -3.42. The summed E-state index contributed by atoms with van der Waals surface area (Å²) >= 11 is 0. The third-order valence-corrected chi connectivity index (χ3v) is 24.1. The number of rotatable bonds is 9. The summed E-state index contributed by atoms with van der Waals surface area (Å²) in [4.78, 5) is 12.6. The van der Waals surface area contributed by atoms with Gasteiger partial charge in [0.2, 0.25) is 0 Å². The van der Waals surface area contributed by atoms with Crippen molar-refractivity contribution in [2.45, 2.75) is 0 Å². The second kappa shape index (κ2) is 17.1. The van der Waals surface area contributed by atoms with Crippen molar-refractivity contribution in [3.8, 4) is 16.9 Å². The summed E-state index contributed by atoms with van der Waals surface area (Å²) in [5.41, 5.74) is 7.83. The fraction of sp³-hybridized carbons (Fsp3) is 0. The van der Waals surface area contributed by atoms with Crippen LogP contribution in [0.4, 0.5) is 17.2 Å². The molecular formula is C64H46N4Si2. The number of fused-ring (bicyclic) bond motifs is 6. The van der Waals surface area contributed by atoms with Gasteiger partial charge in [0.15, 0.2) is 16.1 Å². The Hall–Kier alpha value is -8.69. The number of hydrogen-bond acceptors (Lipinski definition) is 3. The minimum absolute atomic E-state index is 0.876. The molecule has 0 fully saturated rings. The molecule has 0 spiro atoms. The average molecular weight is 927 g/mol. The molecule has 3 aromatic heterocycles. The summed E-state index contributed by atoms with van der Waals surface area (Å²) < 4.78 is 2.59. The summed E-state index contributed by atoms with van der Waals surface area (Å²) in [6.07, 6.45) is 3.83. The fourth-order valence-electron chi connectivity index (χ4n) is 11.8. The molecule has 12 aromatic rings. The number of para-hydroxylation sites is 3. The van der Waals surface area contributed by atoms with Gasteiger partial charge in [0.1, 0.15) is 5.82 Å². The molecule has 330 valence electrons. The number of benzene rings is 9. The lowest BCUT2D eigenvalue weighted by molar-refractivity contribution is 1.18. The third kappa shape index (κ3) is 6.27. The van der Waals surface area contributed by atoms with E-state index in [4.69, 9.17) is 9.97 Å². The minimum Gasteiger partial charge on any atom is -0.309 e. The Morgan fingerprint density at radius 3 is 1.61 bits per heavy atom. The van der Waals surface area contributed by atoms with Crippen molar-refractivity contribution >= 4 is 96.6 Å². The van der Waals surface area contributed by atoms with Crippen LogP contribution < -0.4 is 46.4 Å². The quantitative estimate of drug-likeness (QED) is 0.107. The summed E-state index contributed by atoms with van der Waals surface area (Å²) in [5, 5.41) is 13.0. The number of aromatic nitrogens is 3. The van der Waals surface area contributed by atoms with Gasteiger partial charge < -0.3 is 4.57 Å². The molecular weight excluding hydrogens is 881 g/mol. The van der Waals surface area contributed by atoms with Crippen molar-refractivity contribution in [3.63, 3.8) is 0 Å². The van der Waals surface area contributed by atoms with Gasteiger partial charge in [-0.3, -0.25) is 9.88 Å². The van der Waals surface area contributed by atoms with Gasteiger partial charge in [-0.1, -0.05) is 212 Å². The van der Waals surface area contributed by atoms with Gasteiger partial charge in [-0.2, -0.15) is 0 Å². The maximum atomic E-state index is 5.24. The molecule has 0 amide bonds. The third-order valence-electron chi connectivity index (χ3n) is 14.5. The van der Waals surface area contributed by atoms with Crippen molar-refractivity contribution in [2.24, 2.45) is 0 Å². The molecule has 1 aliphatic rings. The number of anilines is 3. The van der Waals surface area contributed by atoms with E-state index in [1.807, 2.05) is 24.5 Å². The molecule has 0 unspecified atom stereocenters. The molecule has 0 atom stereocenters. The molecule has 0 bridgehead atoms. The zero-order chi connectivity index (χ0) is 46.5. The number of nitrogens with zero attached hydrogens (tertiary/aromatic N) is 4. The molecule has 1 aliphatic heterocycles. The largest absolute Gasteiger partial charge is 0.309 e. The topological polar surface area (TPSA) is 34.0 Å². The fourth-order valence-corrected chi connectivity index (χ4v) is 22.0. The van der Waals surface area contributed by atoms with Crippen molar-refractivity contribution in [2.75, 3.05) is 4.90 Å². The van der Waals surface area contributed by atoms with E-state index < -0.39 is 16.1 Å². The van der Waals surface area contributed by atoms with E-state index in [-0.39, 0.29) is 0 Å². The van der Waals surface area contributed by atoms with Crippen LogP contribution in [0.25, 0.3) is 38.8 Å². The van der Waals surface area contributed by atoms with Crippen LogP contribution in [0.15, 0.2) is 279 Å².